The Kier molecular flexibility index (Phi) is 5.40. The molecule has 1 aliphatic carbocycles. The van der Waals surface area contributed by atoms with Gasteiger partial charge < -0.3 is 29.2 Å². The monoisotopic (exact) mass is 527 g/mol. The number of imidazole rings is 1. The number of likely N-dealkylation sites (tertiary alicyclic amines) is 1. The number of amides is 2. The molecule has 2 aliphatic heterocycles. The highest BCUT2D eigenvalue weighted by Crippen LogP contribution is 2.43. The smallest absolute Gasteiger partial charge is 0.404 e. The number of benzene rings is 2. The zero-order chi connectivity index (χ0) is 26.9. The number of hydrogen-bond acceptors (Lipinski definition) is 5. The fourth-order valence-electron chi connectivity index (χ4n) is 6.20. The van der Waals surface area contributed by atoms with Gasteiger partial charge in [-0.05, 0) is 69.7 Å². The minimum absolute atomic E-state index is 0.127. The molecule has 1 saturated carbocycles. The van der Waals surface area contributed by atoms with Crippen molar-refractivity contribution < 1.29 is 19.1 Å². The third-order valence-corrected chi connectivity index (χ3v) is 8.28. The van der Waals surface area contributed by atoms with Gasteiger partial charge in [0, 0.05) is 29.6 Å². The summed E-state index contributed by atoms with van der Waals surface area (Å²) in [6.07, 6.45) is 2.76. The van der Waals surface area contributed by atoms with Gasteiger partial charge in [0.25, 0.3) is 5.91 Å². The first-order valence-corrected chi connectivity index (χ1v) is 13.8. The fourth-order valence-corrected chi connectivity index (χ4v) is 6.20. The molecule has 39 heavy (non-hydrogen) atoms. The largest absolute Gasteiger partial charge is 0.489 e. The van der Waals surface area contributed by atoms with Crippen LogP contribution in [0.15, 0.2) is 42.5 Å². The molecule has 9 heteroatoms. The van der Waals surface area contributed by atoms with E-state index in [2.05, 4.69) is 53.3 Å². The Balaban J connectivity index is 1.34. The van der Waals surface area contributed by atoms with Crippen LogP contribution in [0.2, 0.25) is 0 Å². The molecule has 1 saturated heterocycles. The van der Waals surface area contributed by atoms with Crippen molar-refractivity contribution in [2.75, 3.05) is 19.7 Å². The molecule has 2 amide bonds. The molecule has 2 aromatic carbocycles. The molecule has 0 unspecified atom stereocenters. The van der Waals surface area contributed by atoms with Gasteiger partial charge in [-0.1, -0.05) is 18.2 Å². The van der Waals surface area contributed by atoms with Gasteiger partial charge in [0.2, 0.25) is 0 Å². The number of nitrogens with two attached hydrogens (primary N) is 1. The number of nitrogens with zero attached hydrogens (tertiary/aromatic N) is 4. The molecule has 1 atom stereocenters. The lowest BCUT2D eigenvalue weighted by molar-refractivity contribution is 0.0373. The Hall–Kier alpha value is -4.01. The summed E-state index contributed by atoms with van der Waals surface area (Å²) < 4.78 is 16.2. The molecule has 4 heterocycles. The summed E-state index contributed by atoms with van der Waals surface area (Å²) in [6, 6.07) is 14.5. The Bertz CT molecular complexity index is 1630. The Morgan fingerprint density at radius 1 is 1.15 bits per heavy atom. The van der Waals surface area contributed by atoms with Crippen molar-refractivity contribution in [3.8, 4) is 17.3 Å². The summed E-state index contributed by atoms with van der Waals surface area (Å²) in [4.78, 5) is 31.8. The molecule has 0 radical (unpaired) electrons. The highest BCUT2D eigenvalue weighted by Gasteiger charge is 2.36. The molecule has 2 N–H and O–H groups in total. The third-order valence-electron chi connectivity index (χ3n) is 8.28. The molecular formula is C30H33N5O4. The Morgan fingerprint density at radius 2 is 1.97 bits per heavy atom. The first-order valence-electron chi connectivity index (χ1n) is 13.8. The molecule has 2 aromatic heterocycles. The predicted octanol–water partition coefficient (Wildman–Crippen LogP) is 4.90. The lowest BCUT2D eigenvalue weighted by Crippen LogP contribution is -2.44. The maximum atomic E-state index is 13.6. The van der Waals surface area contributed by atoms with Crippen LogP contribution in [-0.4, -0.2) is 56.8 Å². The second-order valence-electron chi connectivity index (χ2n) is 11.8. The summed E-state index contributed by atoms with van der Waals surface area (Å²) in [5.74, 6) is 2.14. The van der Waals surface area contributed by atoms with E-state index in [0.29, 0.717) is 43.3 Å². The van der Waals surface area contributed by atoms with Crippen LogP contribution >= 0.6 is 0 Å². The second-order valence-corrected chi connectivity index (χ2v) is 11.8. The summed E-state index contributed by atoms with van der Waals surface area (Å²) in [5.41, 5.74) is 9.38. The van der Waals surface area contributed by atoms with Gasteiger partial charge in [-0.2, -0.15) is 0 Å². The van der Waals surface area contributed by atoms with E-state index < -0.39 is 12.2 Å². The van der Waals surface area contributed by atoms with Gasteiger partial charge in [-0.15, -0.1) is 0 Å². The summed E-state index contributed by atoms with van der Waals surface area (Å²) in [7, 11) is 0. The van der Waals surface area contributed by atoms with Crippen molar-refractivity contribution >= 4 is 33.9 Å². The van der Waals surface area contributed by atoms with Crippen LogP contribution in [0, 0.1) is 5.92 Å². The van der Waals surface area contributed by atoms with Crippen molar-refractivity contribution in [2.24, 2.45) is 11.7 Å². The SMILES string of the molecule is CC1(C)COc2cc(C(=O)N3CCC[C@@H](OC(N)=O)C3)cc3nc(-c4cc5ccccc5n4CC4CC4)n1c23. The van der Waals surface area contributed by atoms with Gasteiger partial charge in [-0.25, -0.2) is 9.78 Å². The van der Waals surface area contributed by atoms with E-state index in [-0.39, 0.29) is 11.4 Å². The Morgan fingerprint density at radius 3 is 2.77 bits per heavy atom. The van der Waals surface area contributed by atoms with E-state index in [1.807, 2.05) is 12.1 Å². The quantitative estimate of drug-likeness (QED) is 0.398. The van der Waals surface area contributed by atoms with Crippen LogP contribution < -0.4 is 10.5 Å². The molecule has 0 bridgehead atoms. The number of aromatic nitrogens is 3. The normalized spacial score (nSPS) is 20.3. The number of hydrogen-bond donors (Lipinski definition) is 1. The van der Waals surface area contributed by atoms with Gasteiger partial charge >= 0.3 is 6.09 Å². The molecule has 2 fully saturated rings. The average molecular weight is 528 g/mol. The summed E-state index contributed by atoms with van der Waals surface area (Å²) in [5, 5.41) is 1.20. The number of fused-ring (bicyclic) bond motifs is 1. The van der Waals surface area contributed by atoms with Crippen molar-refractivity contribution in [3.05, 3.63) is 48.0 Å². The minimum atomic E-state index is -0.812. The second kappa shape index (κ2) is 8.76. The lowest BCUT2D eigenvalue weighted by atomic mass is 10.0. The number of para-hydroxylation sites is 1. The maximum absolute atomic E-state index is 13.6. The first kappa shape index (κ1) is 24.1. The van der Waals surface area contributed by atoms with Crippen molar-refractivity contribution in [1.82, 2.24) is 19.0 Å². The van der Waals surface area contributed by atoms with Crippen LogP contribution in [0.25, 0.3) is 33.5 Å². The van der Waals surface area contributed by atoms with E-state index in [1.165, 1.54) is 23.7 Å². The van der Waals surface area contributed by atoms with E-state index >= 15 is 0 Å². The van der Waals surface area contributed by atoms with Crippen LogP contribution in [0.5, 0.6) is 5.75 Å². The van der Waals surface area contributed by atoms with Gasteiger partial charge in [-0.3, -0.25) is 4.79 Å². The van der Waals surface area contributed by atoms with E-state index in [9.17, 15) is 9.59 Å². The highest BCUT2D eigenvalue weighted by molar-refractivity contribution is 6.00. The van der Waals surface area contributed by atoms with Crippen LogP contribution in [-0.2, 0) is 16.8 Å². The van der Waals surface area contributed by atoms with E-state index in [4.69, 9.17) is 20.2 Å². The number of piperidine rings is 1. The molecule has 4 aromatic rings. The van der Waals surface area contributed by atoms with Crippen LogP contribution in [0.3, 0.4) is 0 Å². The van der Waals surface area contributed by atoms with Crippen molar-refractivity contribution in [3.63, 3.8) is 0 Å². The molecule has 0 spiro atoms. The number of carbonyl (C=O) groups is 2. The van der Waals surface area contributed by atoms with Crippen molar-refractivity contribution in [1.29, 1.82) is 0 Å². The van der Waals surface area contributed by atoms with Crippen molar-refractivity contribution in [2.45, 2.75) is 57.7 Å². The summed E-state index contributed by atoms with van der Waals surface area (Å²) in [6.45, 7) is 6.70. The minimum Gasteiger partial charge on any atom is -0.489 e. The van der Waals surface area contributed by atoms with E-state index in [0.717, 1.165) is 35.5 Å². The molecule has 202 valence electrons. The van der Waals surface area contributed by atoms with Gasteiger partial charge in [0.1, 0.15) is 24.0 Å². The van der Waals surface area contributed by atoms with Gasteiger partial charge in [0.05, 0.1) is 23.3 Å². The lowest BCUT2D eigenvalue weighted by Gasteiger charge is -2.34. The van der Waals surface area contributed by atoms with Gasteiger partial charge in [0.15, 0.2) is 5.82 Å². The van der Waals surface area contributed by atoms with E-state index in [1.54, 1.807) is 4.90 Å². The third kappa shape index (κ3) is 4.11. The number of carbonyl (C=O) groups excluding carboxylic acids is 2. The average Bonchev–Trinajstić information content (AvgIpc) is 3.53. The molecular weight excluding hydrogens is 494 g/mol. The standard InChI is InChI=1S/C30H33N5O4/c1-30(2)17-38-25-14-20(28(36)33-11-5-7-21(16-33)39-29(31)37)12-22-26(25)35(30)27(32-22)24-13-19-6-3-4-8-23(19)34(24)15-18-9-10-18/h3-4,6,8,12-14,18,21H,5,7,9-11,15-17H2,1-2H3,(H2,31,37)/t21-/m1/s1. The Labute approximate surface area is 226 Å². The summed E-state index contributed by atoms with van der Waals surface area (Å²) >= 11 is 0. The predicted molar refractivity (Wildman–Crippen MR) is 148 cm³/mol. The maximum Gasteiger partial charge on any atom is 0.404 e. The number of ether oxygens (including phenoxy) is 2. The zero-order valence-electron chi connectivity index (χ0n) is 22.4. The van der Waals surface area contributed by atoms with Crippen LogP contribution in [0.1, 0.15) is 49.9 Å². The fraction of sp³-hybridized carbons (Fsp3) is 0.433. The first-order chi connectivity index (χ1) is 18.8. The molecule has 3 aliphatic rings. The zero-order valence-corrected chi connectivity index (χ0v) is 22.4. The highest BCUT2D eigenvalue weighted by atomic mass is 16.6. The van der Waals surface area contributed by atoms with Crippen LogP contribution in [0.4, 0.5) is 4.79 Å². The number of primary amides is 1. The molecule has 9 nitrogen and oxygen atoms in total. The number of rotatable bonds is 5. The molecule has 7 rings (SSSR count). The topological polar surface area (TPSA) is 105 Å².